The van der Waals surface area contributed by atoms with Crippen molar-refractivity contribution < 1.29 is 4.74 Å². The lowest BCUT2D eigenvalue weighted by Gasteiger charge is -2.06. The highest BCUT2D eigenvalue weighted by molar-refractivity contribution is 6.18. The normalized spacial score (nSPS) is 10.0. The molecule has 1 aromatic heterocycles. The summed E-state index contributed by atoms with van der Waals surface area (Å²) in [5.74, 6) is 7.47. The summed E-state index contributed by atoms with van der Waals surface area (Å²) in [6, 6.07) is 9.86. The maximum Gasteiger partial charge on any atom is 0.130 e. The van der Waals surface area contributed by atoms with Gasteiger partial charge in [-0.1, -0.05) is 24.8 Å². The van der Waals surface area contributed by atoms with E-state index in [9.17, 15) is 0 Å². The zero-order valence-corrected chi connectivity index (χ0v) is 13.2. The lowest BCUT2D eigenvalue weighted by atomic mass is 10.2. The third-order valence-electron chi connectivity index (χ3n) is 3.06. The van der Waals surface area contributed by atoms with Gasteiger partial charge in [0.15, 0.2) is 0 Å². The molecule has 3 nitrogen and oxygen atoms in total. The summed E-state index contributed by atoms with van der Waals surface area (Å²) in [5.41, 5.74) is 3.08. The van der Waals surface area contributed by atoms with Crippen LogP contribution in [-0.2, 0) is 20.1 Å². The van der Waals surface area contributed by atoms with Gasteiger partial charge in [-0.15, -0.1) is 11.6 Å². The van der Waals surface area contributed by atoms with Crippen LogP contribution in [-0.4, -0.2) is 15.7 Å². The van der Waals surface area contributed by atoms with Crippen molar-refractivity contribution in [3.05, 3.63) is 47.3 Å². The molecular formula is C17H19ClN2O. The van der Waals surface area contributed by atoms with Crippen molar-refractivity contribution in [3.63, 3.8) is 0 Å². The highest BCUT2D eigenvalue weighted by Gasteiger charge is 2.04. The molecule has 0 saturated heterocycles. The molecule has 110 valence electrons. The zero-order chi connectivity index (χ0) is 15.1. The van der Waals surface area contributed by atoms with Crippen LogP contribution in [0.4, 0.5) is 0 Å². The Kier molecular flexibility index (Phi) is 5.71. The average molecular weight is 303 g/mol. The van der Waals surface area contributed by atoms with E-state index in [-0.39, 0.29) is 0 Å². The van der Waals surface area contributed by atoms with Crippen LogP contribution in [0.25, 0.3) is 0 Å². The Morgan fingerprint density at radius 1 is 1.33 bits per heavy atom. The second-order valence-electron chi connectivity index (χ2n) is 4.66. The maximum atomic E-state index is 5.82. The number of aromatic nitrogens is 2. The highest BCUT2D eigenvalue weighted by Crippen LogP contribution is 2.15. The molecule has 1 aromatic carbocycles. The van der Waals surface area contributed by atoms with E-state index in [2.05, 4.69) is 29.9 Å². The molecule has 0 fully saturated rings. The first-order valence-corrected chi connectivity index (χ1v) is 7.56. The molecule has 4 heteroatoms. The van der Waals surface area contributed by atoms with Gasteiger partial charge in [-0.2, -0.15) is 5.10 Å². The van der Waals surface area contributed by atoms with Crippen molar-refractivity contribution >= 4 is 11.6 Å². The van der Waals surface area contributed by atoms with Crippen molar-refractivity contribution in [2.24, 2.45) is 7.05 Å². The van der Waals surface area contributed by atoms with E-state index >= 15 is 0 Å². The number of alkyl halides is 1. The Morgan fingerprint density at radius 2 is 2.19 bits per heavy atom. The van der Waals surface area contributed by atoms with Crippen LogP contribution in [0.1, 0.15) is 30.3 Å². The second kappa shape index (κ2) is 7.75. The number of hydrogen-bond acceptors (Lipinski definition) is 2. The Balaban J connectivity index is 2.01. The van der Waals surface area contributed by atoms with Gasteiger partial charge >= 0.3 is 0 Å². The van der Waals surface area contributed by atoms with E-state index in [0.29, 0.717) is 18.9 Å². The van der Waals surface area contributed by atoms with Gasteiger partial charge in [0.05, 0.1) is 11.4 Å². The second-order valence-corrected chi connectivity index (χ2v) is 5.04. The minimum Gasteiger partial charge on any atom is -0.487 e. The lowest BCUT2D eigenvalue weighted by molar-refractivity contribution is 0.295. The molecule has 2 rings (SSSR count). The fourth-order valence-electron chi connectivity index (χ4n) is 1.91. The van der Waals surface area contributed by atoms with Gasteiger partial charge in [0.2, 0.25) is 0 Å². The average Bonchev–Trinajstić information content (AvgIpc) is 2.86. The van der Waals surface area contributed by atoms with Gasteiger partial charge in [0.1, 0.15) is 12.4 Å². The first-order valence-electron chi connectivity index (χ1n) is 7.02. The van der Waals surface area contributed by atoms with Crippen LogP contribution in [0.5, 0.6) is 5.75 Å². The third kappa shape index (κ3) is 4.54. The number of nitrogens with zero attached hydrogens (tertiary/aromatic N) is 2. The summed E-state index contributed by atoms with van der Waals surface area (Å²) in [7, 11) is 1.94. The summed E-state index contributed by atoms with van der Waals surface area (Å²) >= 11 is 5.61. The van der Waals surface area contributed by atoms with Crippen LogP contribution in [0.15, 0.2) is 30.3 Å². The fraction of sp³-hybridized carbons (Fsp3) is 0.353. The van der Waals surface area contributed by atoms with E-state index in [1.165, 1.54) is 0 Å². The SMILES string of the molecule is CCc1cc(COc2cccc(C#CCCCl)c2)n(C)n1. The van der Waals surface area contributed by atoms with E-state index < -0.39 is 0 Å². The predicted octanol–water partition coefficient (Wildman–Crippen LogP) is 3.54. The molecule has 0 aliphatic rings. The summed E-state index contributed by atoms with van der Waals surface area (Å²) in [4.78, 5) is 0. The van der Waals surface area contributed by atoms with E-state index in [4.69, 9.17) is 16.3 Å². The van der Waals surface area contributed by atoms with E-state index in [0.717, 1.165) is 29.1 Å². The largest absolute Gasteiger partial charge is 0.487 e. The monoisotopic (exact) mass is 302 g/mol. The van der Waals surface area contributed by atoms with Crippen LogP contribution in [0, 0.1) is 11.8 Å². The van der Waals surface area contributed by atoms with Crippen molar-refractivity contribution in [2.75, 3.05) is 5.88 Å². The van der Waals surface area contributed by atoms with Gasteiger partial charge in [0, 0.05) is 24.9 Å². The quantitative estimate of drug-likeness (QED) is 0.624. The molecule has 0 unspecified atom stereocenters. The number of aryl methyl sites for hydroxylation is 2. The predicted molar refractivity (Wildman–Crippen MR) is 85.6 cm³/mol. The molecule has 0 radical (unpaired) electrons. The molecule has 0 N–H and O–H groups in total. The van der Waals surface area contributed by atoms with E-state index in [1.54, 1.807) is 0 Å². The molecule has 0 amide bonds. The lowest BCUT2D eigenvalue weighted by Crippen LogP contribution is -2.03. The summed E-state index contributed by atoms with van der Waals surface area (Å²) in [6.45, 7) is 2.60. The molecule has 0 saturated carbocycles. The topological polar surface area (TPSA) is 27.1 Å². The van der Waals surface area contributed by atoms with Crippen LogP contribution in [0.2, 0.25) is 0 Å². The number of rotatable bonds is 5. The van der Waals surface area contributed by atoms with Crippen molar-refractivity contribution in [1.82, 2.24) is 9.78 Å². The molecule has 2 aromatic rings. The fourth-order valence-corrected chi connectivity index (χ4v) is 2.01. The molecule has 0 bridgehead atoms. The number of halogens is 1. The maximum absolute atomic E-state index is 5.82. The van der Waals surface area contributed by atoms with E-state index in [1.807, 2.05) is 36.0 Å². The van der Waals surface area contributed by atoms with Gasteiger partial charge < -0.3 is 4.74 Å². The molecule has 0 atom stereocenters. The van der Waals surface area contributed by atoms with Crippen molar-refractivity contribution in [1.29, 1.82) is 0 Å². The Morgan fingerprint density at radius 3 is 2.90 bits per heavy atom. The Bertz CT molecular complexity index is 652. The standard InChI is InChI=1S/C17H19ClN2O/c1-3-15-12-16(20(2)19-15)13-21-17-9-6-8-14(11-17)7-4-5-10-18/h6,8-9,11-12H,3,5,10,13H2,1-2H3. The smallest absolute Gasteiger partial charge is 0.130 e. The number of hydrogen-bond donors (Lipinski definition) is 0. The summed E-state index contributed by atoms with van der Waals surface area (Å²) in [5, 5.41) is 4.41. The molecule has 0 spiro atoms. The van der Waals surface area contributed by atoms with Gasteiger partial charge in [0.25, 0.3) is 0 Å². The Labute approximate surface area is 130 Å². The van der Waals surface area contributed by atoms with Crippen LogP contribution in [0.3, 0.4) is 0 Å². The highest BCUT2D eigenvalue weighted by atomic mass is 35.5. The first-order chi connectivity index (χ1) is 10.2. The van der Waals surface area contributed by atoms with Crippen LogP contribution >= 0.6 is 11.6 Å². The summed E-state index contributed by atoms with van der Waals surface area (Å²) in [6.07, 6.45) is 1.63. The minimum absolute atomic E-state index is 0.502. The number of ether oxygens (including phenoxy) is 1. The van der Waals surface area contributed by atoms with Crippen molar-refractivity contribution in [3.8, 4) is 17.6 Å². The van der Waals surface area contributed by atoms with Crippen molar-refractivity contribution in [2.45, 2.75) is 26.4 Å². The minimum atomic E-state index is 0.502. The molecule has 1 heterocycles. The first kappa shape index (κ1) is 15.5. The zero-order valence-electron chi connectivity index (χ0n) is 12.4. The number of benzene rings is 1. The van der Waals surface area contributed by atoms with Gasteiger partial charge in [-0.25, -0.2) is 0 Å². The molecule has 0 aliphatic heterocycles. The molecule has 21 heavy (non-hydrogen) atoms. The summed E-state index contributed by atoms with van der Waals surface area (Å²) < 4.78 is 7.69. The van der Waals surface area contributed by atoms with Gasteiger partial charge in [-0.3, -0.25) is 4.68 Å². The molecular weight excluding hydrogens is 284 g/mol. The third-order valence-corrected chi connectivity index (χ3v) is 3.25. The Hall–Kier alpha value is -1.92. The molecule has 0 aliphatic carbocycles. The van der Waals surface area contributed by atoms with Gasteiger partial charge in [-0.05, 0) is 30.7 Å². The van der Waals surface area contributed by atoms with Crippen LogP contribution < -0.4 is 4.74 Å².